The number of rotatable bonds is 5. The number of likely N-dealkylation sites (N-methyl/N-ethyl adjacent to an activating group) is 1. The molecule has 0 spiro atoms. The first kappa shape index (κ1) is 12.4. The summed E-state index contributed by atoms with van der Waals surface area (Å²) in [6.45, 7) is 2.74. The Morgan fingerprint density at radius 2 is 2.25 bits per heavy atom. The van der Waals surface area contributed by atoms with Crippen LogP contribution in [0.2, 0.25) is 0 Å². The maximum absolute atomic E-state index is 11.0. The molecule has 1 rings (SSSR count). The van der Waals surface area contributed by atoms with E-state index in [2.05, 4.69) is 15.6 Å². The molecule has 0 aliphatic rings. The molecule has 0 fully saturated rings. The van der Waals surface area contributed by atoms with Gasteiger partial charge >= 0.3 is 0 Å². The zero-order valence-electron chi connectivity index (χ0n) is 9.83. The van der Waals surface area contributed by atoms with Gasteiger partial charge in [0.2, 0.25) is 5.91 Å². The van der Waals surface area contributed by atoms with Gasteiger partial charge in [-0.1, -0.05) is 0 Å². The summed E-state index contributed by atoms with van der Waals surface area (Å²) in [6, 6.07) is 3.71. The van der Waals surface area contributed by atoms with Crippen molar-refractivity contribution in [3.8, 4) is 5.75 Å². The number of ether oxygens (including phenoxy) is 1. The van der Waals surface area contributed by atoms with Gasteiger partial charge in [-0.2, -0.15) is 0 Å². The van der Waals surface area contributed by atoms with E-state index in [1.165, 1.54) is 0 Å². The average Bonchev–Trinajstić information content (AvgIpc) is 2.28. The lowest BCUT2D eigenvalue weighted by molar-refractivity contribution is -0.119. The third kappa shape index (κ3) is 3.86. The van der Waals surface area contributed by atoms with E-state index >= 15 is 0 Å². The maximum Gasteiger partial charge on any atom is 0.233 e. The highest BCUT2D eigenvalue weighted by Gasteiger charge is 2.01. The Hall–Kier alpha value is -1.62. The fourth-order valence-electron chi connectivity index (χ4n) is 1.30. The molecule has 0 bridgehead atoms. The Bertz CT molecular complexity index is 366. The summed E-state index contributed by atoms with van der Waals surface area (Å²) in [5.41, 5.74) is 1.76. The monoisotopic (exact) mass is 223 g/mol. The summed E-state index contributed by atoms with van der Waals surface area (Å²) in [5, 5.41) is 5.54. The predicted molar refractivity (Wildman–Crippen MR) is 61.3 cm³/mol. The van der Waals surface area contributed by atoms with E-state index in [4.69, 9.17) is 4.74 Å². The smallest absolute Gasteiger partial charge is 0.233 e. The summed E-state index contributed by atoms with van der Waals surface area (Å²) < 4.78 is 5.14. The van der Waals surface area contributed by atoms with Crippen LogP contribution in [0.25, 0.3) is 0 Å². The zero-order valence-corrected chi connectivity index (χ0v) is 9.83. The third-order valence-corrected chi connectivity index (χ3v) is 2.09. The first-order valence-corrected chi connectivity index (χ1v) is 5.08. The van der Waals surface area contributed by atoms with Crippen LogP contribution < -0.4 is 15.4 Å². The molecule has 0 saturated heterocycles. The minimum atomic E-state index is -0.0420. The van der Waals surface area contributed by atoms with Crippen LogP contribution in [0.4, 0.5) is 0 Å². The lowest BCUT2D eigenvalue weighted by Gasteiger charge is -2.07. The van der Waals surface area contributed by atoms with Crippen molar-refractivity contribution in [3.05, 3.63) is 23.5 Å². The molecule has 1 heterocycles. The molecule has 0 unspecified atom stereocenters. The van der Waals surface area contributed by atoms with E-state index < -0.39 is 0 Å². The normalized spacial score (nSPS) is 9.94. The molecule has 0 radical (unpaired) electrons. The molecule has 5 nitrogen and oxygen atoms in total. The van der Waals surface area contributed by atoms with Crippen molar-refractivity contribution in [1.82, 2.24) is 15.6 Å². The van der Waals surface area contributed by atoms with Crippen LogP contribution >= 0.6 is 0 Å². The Labute approximate surface area is 95.2 Å². The first-order chi connectivity index (χ1) is 7.65. The fourth-order valence-corrected chi connectivity index (χ4v) is 1.30. The van der Waals surface area contributed by atoms with Gasteiger partial charge in [-0.3, -0.25) is 9.78 Å². The van der Waals surface area contributed by atoms with E-state index in [1.54, 1.807) is 14.2 Å². The van der Waals surface area contributed by atoms with Gasteiger partial charge in [-0.05, 0) is 6.92 Å². The van der Waals surface area contributed by atoms with Crippen molar-refractivity contribution in [2.75, 3.05) is 20.7 Å². The lowest BCUT2D eigenvalue weighted by Crippen LogP contribution is -2.31. The number of nitrogens with zero attached hydrogens (tertiary/aromatic N) is 1. The topological polar surface area (TPSA) is 63.2 Å². The van der Waals surface area contributed by atoms with Gasteiger partial charge in [0.15, 0.2) is 0 Å². The quantitative estimate of drug-likeness (QED) is 0.750. The van der Waals surface area contributed by atoms with Crippen LogP contribution in [0.5, 0.6) is 5.75 Å². The molecule has 0 aromatic carbocycles. The summed E-state index contributed by atoms with van der Waals surface area (Å²) in [5.74, 6) is 0.740. The summed E-state index contributed by atoms with van der Waals surface area (Å²) in [6.07, 6.45) is 0. The summed E-state index contributed by atoms with van der Waals surface area (Å²) in [7, 11) is 3.23. The van der Waals surface area contributed by atoms with E-state index in [0.29, 0.717) is 6.54 Å². The second-order valence-corrected chi connectivity index (χ2v) is 3.42. The molecule has 2 N–H and O–H groups in total. The number of amides is 1. The second kappa shape index (κ2) is 6.07. The molecule has 5 heteroatoms. The Morgan fingerprint density at radius 1 is 1.50 bits per heavy atom. The van der Waals surface area contributed by atoms with Gasteiger partial charge in [-0.25, -0.2) is 0 Å². The van der Waals surface area contributed by atoms with Gasteiger partial charge in [0.25, 0.3) is 0 Å². The SMILES string of the molecule is CNC(=O)CNCc1cc(OC)cc(C)n1. The van der Waals surface area contributed by atoms with Crippen LogP contribution in [0.1, 0.15) is 11.4 Å². The first-order valence-electron chi connectivity index (χ1n) is 5.08. The highest BCUT2D eigenvalue weighted by molar-refractivity contribution is 5.77. The molecule has 1 aromatic rings. The Morgan fingerprint density at radius 3 is 2.88 bits per heavy atom. The summed E-state index contributed by atoms with van der Waals surface area (Å²) in [4.78, 5) is 15.3. The molecule has 88 valence electrons. The van der Waals surface area contributed by atoms with Crippen molar-refractivity contribution in [3.63, 3.8) is 0 Å². The lowest BCUT2D eigenvalue weighted by atomic mass is 10.3. The van der Waals surface area contributed by atoms with Gasteiger partial charge < -0.3 is 15.4 Å². The molecule has 16 heavy (non-hydrogen) atoms. The number of nitrogens with one attached hydrogen (secondary N) is 2. The van der Waals surface area contributed by atoms with E-state index in [0.717, 1.165) is 17.1 Å². The summed E-state index contributed by atoms with van der Waals surface area (Å²) >= 11 is 0. The number of hydrogen-bond acceptors (Lipinski definition) is 4. The number of carbonyl (C=O) groups excluding carboxylic acids is 1. The Kier molecular flexibility index (Phi) is 4.72. The highest BCUT2D eigenvalue weighted by atomic mass is 16.5. The third-order valence-electron chi connectivity index (χ3n) is 2.09. The number of carbonyl (C=O) groups is 1. The standard InChI is InChI=1S/C11H17N3O2/c1-8-4-10(16-3)5-9(14-8)6-13-7-11(15)12-2/h4-5,13H,6-7H2,1-3H3,(H,12,15). The second-order valence-electron chi connectivity index (χ2n) is 3.42. The molecule has 0 aliphatic carbocycles. The van der Waals surface area contributed by atoms with Crippen molar-refractivity contribution in [1.29, 1.82) is 0 Å². The molecular weight excluding hydrogens is 206 g/mol. The molecule has 0 saturated carbocycles. The molecular formula is C11H17N3O2. The molecule has 1 aromatic heterocycles. The van der Waals surface area contributed by atoms with Gasteiger partial charge in [0.1, 0.15) is 5.75 Å². The van der Waals surface area contributed by atoms with Crippen molar-refractivity contribution >= 4 is 5.91 Å². The maximum atomic E-state index is 11.0. The van der Waals surface area contributed by atoms with Crippen LogP contribution in [-0.4, -0.2) is 31.6 Å². The zero-order chi connectivity index (χ0) is 12.0. The van der Waals surface area contributed by atoms with Gasteiger partial charge in [-0.15, -0.1) is 0 Å². The number of pyridine rings is 1. The van der Waals surface area contributed by atoms with Crippen molar-refractivity contribution in [2.24, 2.45) is 0 Å². The van der Waals surface area contributed by atoms with E-state index in [9.17, 15) is 4.79 Å². The Balaban J connectivity index is 2.53. The van der Waals surface area contributed by atoms with Crippen LogP contribution in [0, 0.1) is 6.92 Å². The minimum Gasteiger partial charge on any atom is -0.497 e. The molecule has 1 amide bonds. The number of aromatic nitrogens is 1. The van der Waals surface area contributed by atoms with E-state index in [-0.39, 0.29) is 12.5 Å². The predicted octanol–water partition coefficient (Wildman–Crippen LogP) is 0.234. The molecule has 0 aliphatic heterocycles. The minimum absolute atomic E-state index is 0.0420. The number of methoxy groups -OCH3 is 1. The largest absolute Gasteiger partial charge is 0.497 e. The van der Waals surface area contributed by atoms with Crippen molar-refractivity contribution in [2.45, 2.75) is 13.5 Å². The number of aryl methyl sites for hydroxylation is 1. The number of hydrogen-bond donors (Lipinski definition) is 2. The van der Waals surface area contributed by atoms with Gasteiger partial charge in [0, 0.05) is 31.4 Å². The average molecular weight is 223 g/mol. The van der Waals surface area contributed by atoms with Crippen LogP contribution in [0.15, 0.2) is 12.1 Å². The van der Waals surface area contributed by atoms with Crippen molar-refractivity contribution < 1.29 is 9.53 Å². The fraction of sp³-hybridized carbons (Fsp3) is 0.455. The highest BCUT2D eigenvalue weighted by Crippen LogP contribution is 2.12. The molecule has 0 atom stereocenters. The van der Waals surface area contributed by atoms with Crippen LogP contribution in [0.3, 0.4) is 0 Å². The van der Waals surface area contributed by atoms with Crippen LogP contribution in [-0.2, 0) is 11.3 Å². The van der Waals surface area contributed by atoms with E-state index in [1.807, 2.05) is 19.1 Å². The van der Waals surface area contributed by atoms with Gasteiger partial charge in [0.05, 0.1) is 19.3 Å².